The van der Waals surface area contributed by atoms with E-state index in [0.717, 1.165) is 53.4 Å². The van der Waals surface area contributed by atoms with Crippen molar-refractivity contribution in [2.75, 3.05) is 45.3 Å². The highest BCUT2D eigenvalue weighted by molar-refractivity contribution is 9.10. The van der Waals surface area contributed by atoms with Crippen LogP contribution in [0.2, 0.25) is 0 Å². The van der Waals surface area contributed by atoms with E-state index in [1.807, 2.05) is 36.4 Å². The van der Waals surface area contributed by atoms with Crippen LogP contribution in [0.1, 0.15) is 46.0 Å². The number of ether oxygens (including phenoxy) is 4. The zero-order valence-electron chi connectivity index (χ0n) is 24.4. The predicted octanol–water partition coefficient (Wildman–Crippen LogP) is 5.90. The number of halogens is 1. The van der Waals surface area contributed by atoms with E-state index in [1.54, 1.807) is 21.0 Å². The van der Waals surface area contributed by atoms with Gasteiger partial charge in [0.25, 0.3) is 0 Å². The maximum atomic E-state index is 12.2. The highest BCUT2D eigenvalue weighted by Crippen LogP contribution is 2.35. The lowest BCUT2D eigenvalue weighted by Crippen LogP contribution is -2.44. The van der Waals surface area contributed by atoms with Crippen LogP contribution in [0.15, 0.2) is 47.2 Å². The third kappa shape index (κ3) is 8.78. The molecule has 1 aliphatic heterocycles. The standard InChI is InChI=1S/C31H39BrN4O6/c1-4-40-29(37)16-24(17-30(38)41-5-2)36-12-9-21(10-13-36)11-14-42-28-19-26-25(18-27(28)39-3)31(34-20-33-26)35-23-8-6-7-22(32)15-23/h6-8,15,18-21,24H,4-5,9-14,16-17H2,1-3H3,(H,33,34,35). The molecule has 11 heteroatoms. The first kappa shape index (κ1) is 31.5. The van der Waals surface area contributed by atoms with Crippen LogP contribution in [-0.4, -0.2) is 72.9 Å². The summed E-state index contributed by atoms with van der Waals surface area (Å²) in [6, 6.07) is 11.4. The second kappa shape index (κ2) is 15.7. The Morgan fingerprint density at radius 2 is 1.74 bits per heavy atom. The number of rotatable bonds is 14. The number of fused-ring (bicyclic) bond motifs is 1. The second-order valence-electron chi connectivity index (χ2n) is 10.2. The van der Waals surface area contributed by atoms with E-state index in [-0.39, 0.29) is 30.8 Å². The number of carbonyl (C=O) groups is 2. The molecule has 0 radical (unpaired) electrons. The van der Waals surface area contributed by atoms with Crippen LogP contribution < -0.4 is 14.8 Å². The van der Waals surface area contributed by atoms with E-state index in [4.69, 9.17) is 18.9 Å². The van der Waals surface area contributed by atoms with Gasteiger partial charge in [-0.2, -0.15) is 0 Å². The van der Waals surface area contributed by atoms with Gasteiger partial charge in [0.05, 0.1) is 45.3 Å². The van der Waals surface area contributed by atoms with Crippen molar-refractivity contribution < 1.29 is 28.5 Å². The van der Waals surface area contributed by atoms with Gasteiger partial charge in [0, 0.05) is 27.7 Å². The van der Waals surface area contributed by atoms with Gasteiger partial charge in [-0.05, 0) is 76.4 Å². The topological polar surface area (TPSA) is 112 Å². The fourth-order valence-corrected chi connectivity index (χ4v) is 5.64. The SMILES string of the molecule is CCOC(=O)CC(CC(=O)OCC)N1CCC(CCOc2cc3ncnc(Nc4cccc(Br)c4)c3cc2OC)CC1. The highest BCUT2D eigenvalue weighted by atomic mass is 79.9. The molecular formula is C31H39BrN4O6. The molecule has 0 amide bonds. The zero-order valence-corrected chi connectivity index (χ0v) is 26.0. The van der Waals surface area contributed by atoms with E-state index in [1.165, 1.54) is 6.33 Å². The second-order valence-corrected chi connectivity index (χ2v) is 11.1. The molecule has 2 heterocycles. The lowest BCUT2D eigenvalue weighted by atomic mass is 9.92. The monoisotopic (exact) mass is 642 g/mol. The highest BCUT2D eigenvalue weighted by Gasteiger charge is 2.29. The molecule has 1 saturated heterocycles. The average Bonchev–Trinajstić information content (AvgIpc) is 2.97. The minimum absolute atomic E-state index is 0.186. The number of nitrogens with zero attached hydrogens (tertiary/aromatic N) is 3. The van der Waals surface area contributed by atoms with E-state index in [9.17, 15) is 9.59 Å². The van der Waals surface area contributed by atoms with Crippen molar-refractivity contribution in [1.82, 2.24) is 14.9 Å². The van der Waals surface area contributed by atoms with Crippen molar-refractivity contribution in [3.63, 3.8) is 0 Å². The Kier molecular flexibility index (Phi) is 11.8. The van der Waals surface area contributed by atoms with Gasteiger partial charge in [-0.15, -0.1) is 0 Å². The number of carbonyl (C=O) groups excluding carboxylic acids is 2. The molecule has 1 N–H and O–H groups in total. The summed E-state index contributed by atoms with van der Waals surface area (Å²) in [6.07, 6.45) is 4.70. The molecule has 0 atom stereocenters. The summed E-state index contributed by atoms with van der Waals surface area (Å²) >= 11 is 3.50. The minimum Gasteiger partial charge on any atom is -0.493 e. The molecule has 1 fully saturated rings. The zero-order chi connectivity index (χ0) is 29.9. The van der Waals surface area contributed by atoms with E-state index in [2.05, 4.69) is 36.1 Å². The van der Waals surface area contributed by atoms with E-state index >= 15 is 0 Å². The molecule has 0 aliphatic carbocycles. The first-order valence-corrected chi connectivity index (χ1v) is 15.2. The van der Waals surface area contributed by atoms with Crippen molar-refractivity contribution in [3.8, 4) is 11.5 Å². The molecule has 42 heavy (non-hydrogen) atoms. The van der Waals surface area contributed by atoms with Crippen molar-refractivity contribution in [2.24, 2.45) is 5.92 Å². The molecule has 1 aliphatic rings. The summed E-state index contributed by atoms with van der Waals surface area (Å²) in [4.78, 5) is 35.5. The Bertz CT molecular complexity index is 1330. The molecule has 0 unspecified atom stereocenters. The van der Waals surface area contributed by atoms with Gasteiger partial charge in [-0.1, -0.05) is 22.0 Å². The van der Waals surface area contributed by atoms with Crippen LogP contribution >= 0.6 is 15.9 Å². The summed E-state index contributed by atoms with van der Waals surface area (Å²) < 4.78 is 23.1. The first-order chi connectivity index (χ1) is 20.4. The molecule has 10 nitrogen and oxygen atoms in total. The van der Waals surface area contributed by atoms with Gasteiger partial charge in [0.1, 0.15) is 12.1 Å². The summed E-state index contributed by atoms with van der Waals surface area (Å²) in [5.74, 6) is 1.84. The number of likely N-dealkylation sites (tertiary alicyclic amines) is 1. The fourth-order valence-electron chi connectivity index (χ4n) is 5.24. The summed E-state index contributed by atoms with van der Waals surface area (Å²) in [7, 11) is 1.62. The summed E-state index contributed by atoms with van der Waals surface area (Å²) in [5.41, 5.74) is 1.66. The van der Waals surface area contributed by atoms with Crippen LogP contribution in [0.5, 0.6) is 11.5 Å². The number of esters is 2. The Morgan fingerprint density at radius 3 is 2.38 bits per heavy atom. The number of benzene rings is 2. The van der Waals surface area contributed by atoms with Crippen molar-refractivity contribution >= 4 is 50.3 Å². The maximum Gasteiger partial charge on any atom is 0.307 e. The number of aromatic nitrogens is 2. The van der Waals surface area contributed by atoms with Crippen LogP contribution in [0.4, 0.5) is 11.5 Å². The Morgan fingerprint density at radius 1 is 1.02 bits per heavy atom. The molecule has 0 saturated carbocycles. The smallest absolute Gasteiger partial charge is 0.307 e. The Labute approximate surface area is 255 Å². The normalized spacial score (nSPS) is 14.1. The maximum absolute atomic E-state index is 12.2. The summed E-state index contributed by atoms with van der Waals surface area (Å²) in [6.45, 7) is 6.36. The van der Waals surface area contributed by atoms with Crippen LogP contribution in [0, 0.1) is 5.92 Å². The number of methoxy groups -OCH3 is 1. The van der Waals surface area contributed by atoms with Gasteiger partial charge >= 0.3 is 11.9 Å². The molecule has 4 rings (SSSR count). The Hall–Kier alpha value is -3.44. The van der Waals surface area contributed by atoms with Gasteiger partial charge in [-0.25, -0.2) is 9.97 Å². The molecular weight excluding hydrogens is 604 g/mol. The number of hydrogen-bond donors (Lipinski definition) is 1. The van der Waals surface area contributed by atoms with Crippen LogP contribution in [0.3, 0.4) is 0 Å². The Balaban J connectivity index is 1.34. The first-order valence-electron chi connectivity index (χ1n) is 14.4. The third-order valence-electron chi connectivity index (χ3n) is 7.37. The summed E-state index contributed by atoms with van der Waals surface area (Å²) in [5, 5.41) is 4.18. The number of piperidine rings is 1. The molecule has 0 bridgehead atoms. The van der Waals surface area contributed by atoms with E-state index in [0.29, 0.717) is 43.1 Å². The lowest BCUT2D eigenvalue weighted by Gasteiger charge is -2.37. The number of anilines is 2. The number of hydrogen-bond acceptors (Lipinski definition) is 10. The van der Waals surface area contributed by atoms with Gasteiger partial charge in [0.2, 0.25) is 0 Å². The molecule has 3 aromatic rings. The predicted molar refractivity (Wildman–Crippen MR) is 164 cm³/mol. The van der Waals surface area contributed by atoms with Crippen LogP contribution in [-0.2, 0) is 19.1 Å². The fraction of sp³-hybridized carbons (Fsp3) is 0.484. The van der Waals surface area contributed by atoms with E-state index < -0.39 is 0 Å². The molecule has 2 aromatic carbocycles. The van der Waals surface area contributed by atoms with Gasteiger partial charge in [0.15, 0.2) is 11.5 Å². The van der Waals surface area contributed by atoms with Gasteiger partial charge < -0.3 is 24.3 Å². The number of nitrogens with one attached hydrogen (secondary N) is 1. The average molecular weight is 644 g/mol. The van der Waals surface area contributed by atoms with Crippen LogP contribution in [0.25, 0.3) is 10.9 Å². The van der Waals surface area contributed by atoms with Gasteiger partial charge in [-0.3, -0.25) is 14.5 Å². The molecule has 226 valence electrons. The third-order valence-corrected chi connectivity index (χ3v) is 7.87. The largest absolute Gasteiger partial charge is 0.493 e. The molecule has 1 aromatic heterocycles. The quantitative estimate of drug-likeness (QED) is 0.213. The van der Waals surface area contributed by atoms with Crippen molar-refractivity contribution in [3.05, 3.63) is 47.2 Å². The lowest BCUT2D eigenvalue weighted by molar-refractivity contribution is -0.147. The minimum atomic E-state index is -0.284. The molecule has 0 spiro atoms. The van der Waals surface area contributed by atoms with Crippen molar-refractivity contribution in [2.45, 2.75) is 52.0 Å². The van der Waals surface area contributed by atoms with Crippen molar-refractivity contribution in [1.29, 1.82) is 0 Å².